The van der Waals surface area contributed by atoms with Crippen molar-refractivity contribution in [1.82, 2.24) is 9.96 Å². The summed E-state index contributed by atoms with van der Waals surface area (Å²) in [7, 11) is 3.70. The first-order valence-corrected chi connectivity index (χ1v) is 13.2. The Morgan fingerprint density at radius 3 is 2.21 bits per heavy atom. The Morgan fingerprint density at radius 1 is 0.816 bits per heavy atom. The van der Waals surface area contributed by atoms with Gasteiger partial charge in [-0.1, -0.05) is 84.9 Å². The van der Waals surface area contributed by atoms with Crippen molar-refractivity contribution in [2.75, 3.05) is 27.3 Å². The van der Waals surface area contributed by atoms with E-state index in [1.807, 2.05) is 72.8 Å². The summed E-state index contributed by atoms with van der Waals surface area (Å²) in [5.41, 5.74) is 6.25. The monoisotopic (exact) mass is 504 g/mol. The van der Waals surface area contributed by atoms with E-state index in [1.54, 1.807) is 7.11 Å². The number of amides is 1. The lowest BCUT2D eigenvalue weighted by molar-refractivity contribution is -0.114. The summed E-state index contributed by atoms with van der Waals surface area (Å²) in [5, 5.41) is 1.98. The molecule has 2 saturated heterocycles. The third-order valence-electron chi connectivity index (χ3n) is 7.99. The summed E-state index contributed by atoms with van der Waals surface area (Å²) in [6.45, 7) is 1.32. The lowest BCUT2D eigenvalue weighted by atomic mass is 9.84. The molecule has 0 aliphatic carbocycles. The molecule has 6 rings (SSSR count). The maximum Gasteiger partial charge on any atom is 0.254 e. The molecule has 0 spiro atoms. The number of piperidine rings is 1. The van der Waals surface area contributed by atoms with Crippen LogP contribution in [0.2, 0.25) is 0 Å². The van der Waals surface area contributed by atoms with E-state index in [4.69, 9.17) is 9.57 Å². The van der Waals surface area contributed by atoms with Crippen LogP contribution in [0.5, 0.6) is 5.75 Å². The summed E-state index contributed by atoms with van der Waals surface area (Å²) in [4.78, 5) is 21.8. The van der Waals surface area contributed by atoms with Gasteiger partial charge in [0.15, 0.2) is 0 Å². The van der Waals surface area contributed by atoms with Crippen molar-refractivity contribution in [2.45, 2.75) is 18.5 Å². The number of rotatable bonds is 5. The van der Waals surface area contributed by atoms with Gasteiger partial charge in [-0.15, -0.1) is 0 Å². The fraction of sp³-hybridized carbons (Fsp3) is 0.242. The van der Waals surface area contributed by atoms with Gasteiger partial charge in [0.25, 0.3) is 5.91 Å². The number of benzene rings is 4. The van der Waals surface area contributed by atoms with Gasteiger partial charge in [-0.25, -0.2) is 0 Å². The molecular formula is C33H32N2O3. The fourth-order valence-electron chi connectivity index (χ4n) is 5.88. The molecule has 1 amide bonds. The van der Waals surface area contributed by atoms with Crippen LogP contribution in [0.1, 0.15) is 28.4 Å². The fourth-order valence-corrected chi connectivity index (χ4v) is 5.88. The van der Waals surface area contributed by atoms with Crippen LogP contribution in [0.3, 0.4) is 0 Å². The van der Waals surface area contributed by atoms with Crippen molar-refractivity contribution in [1.29, 1.82) is 0 Å². The summed E-state index contributed by atoms with van der Waals surface area (Å²) in [6, 6.07) is 35.1. The molecule has 4 aromatic rings. The van der Waals surface area contributed by atoms with Gasteiger partial charge in [0.1, 0.15) is 5.75 Å². The number of fused-ring (bicyclic) bond motifs is 1. The number of hydrogen-bond donors (Lipinski definition) is 0. The molecule has 4 aromatic carbocycles. The average Bonchev–Trinajstić information content (AvgIpc) is 3.36. The predicted molar refractivity (Wildman–Crippen MR) is 150 cm³/mol. The number of nitrogens with zero attached hydrogens (tertiary/aromatic N) is 2. The highest BCUT2D eigenvalue weighted by Crippen LogP contribution is 2.40. The van der Waals surface area contributed by atoms with Gasteiger partial charge < -0.3 is 9.64 Å². The Bertz CT molecular complexity index is 1400. The first-order chi connectivity index (χ1) is 18.6. The van der Waals surface area contributed by atoms with Crippen LogP contribution in [0.25, 0.3) is 22.3 Å². The molecule has 5 heteroatoms. The second-order valence-corrected chi connectivity index (χ2v) is 10.1. The third-order valence-corrected chi connectivity index (χ3v) is 7.99. The van der Waals surface area contributed by atoms with E-state index in [2.05, 4.69) is 47.4 Å². The SMILES string of the molecule is COc1ccccc1-c1ccc([C@@H]2C[C@H]3[C@H](CON3C)CN2C(=O)c2ccc(-c3ccccc3)cc2)cc1. The number of para-hydroxylation sites is 1. The summed E-state index contributed by atoms with van der Waals surface area (Å²) >= 11 is 0. The number of hydrogen-bond acceptors (Lipinski definition) is 4. The average molecular weight is 505 g/mol. The maximum absolute atomic E-state index is 13.9. The molecule has 0 radical (unpaired) electrons. The van der Waals surface area contributed by atoms with Crippen molar-refractivity contribution >= 4 is 5.91 Å². The van der Waals surface area contributed by atoms with Crippen molar-refractivity contribution in [2.24, 2.45) is 5.92 Å². The molecule has 0 unspecified atom stereocenters. The minimum absolute atomic E-state index is 0.0339. The first-order valence-electron chi connectivity index (χ1n) is 13.2. The molecule has 0 N–H and O–H groups in total. The summed E-state index contributed by atoms with van der Waals surface area (Å²) in [6.07, 6.45) is 0.836. The van der Waals surface area contributed by atoms with E-state index in [-0.39, 0.29) is 11.9 Å². The Balaban J connectivity index is 1.30. The lowest BCUT2D eigenvalue weighted by Crippen LogP contribution is -2.49. The first kappa shape index (κ1) is 24.4. The van der Waals surface area contributed by atoms with Crippen LogP contribution < -0.4 is 4.74 Å². The molecule has 0 saturated carbocycles. The van der Waals surface area contributed by atoms with Crippen LogP contribution in [0.15, 0.2) is 103 Å². The van der Waals surface area contributed by atoms with Crippen molar-refractivity contribution < 1.29 is 14.4 Å². The van der Waals surface area contributed by atoms with E-state index in [1.165, 1.54) is 0 Å². The van der Waals surface area contributed by atoms with E-state index in [9.17, 15) is 4.79 Å². The quantitative estimate of drug-likeness (QED) is 0.312. The number of hydroxylamine groups is 2. The Hall–Kier alpha value is -3.93. The van der Waals surface area contributed by atoms with Crippen LogP contribution in [0.4, 0.5) is 0 Å². The zero-order valence-corrected chi connectivity index (χ0v) is 21.8. The van der Waals surface area contributed by atoms with Crippen LogP contribution in [-0.4, -0.2) is 49.2 Å². The largest absolute Gasteiger partial charge is 0.496 e. The molecule has 2 fully saturated rings. The molecule has 192 valence electrons. The van der Waals surface area contributed by atoms with E-state index in [0.717, 1.165) is 40.0 Å². The molecule has 5 nitrogen and oxygen atoms in total. The standard InChI is InChI=1S/C33H32N2O3/c1-34-30-20-31(26-16-14-25(15-17-26)29-10-6-7-11-32(29)37-2)35(21-28(30)22-38-34)33(36)27-18-12-24(13-19-27)23-8-4-3-5-9-23/h3-19,28,30-31H,20-22H2,1-2H3/t28-,30-,31-/m0/s1. The van der Waals surface area contributed by atoms with Gasteiger partial charge in [0.05, 0.1) is 19.8 Å². The summed E-state index contributed by atoms with van der Waals surface area (Å²) in [5.74, 6) is 1.22. The molecule has 0 aromatic heterocycles. The topological polar surface area (TPSA) is 42.0 Å². The highest BCUT2D eigenvalue weighted by molar-refractivity contribution is 5.95. The third kappa shape index (κ3) is 4.60. The van der Waals surface area contributed by atoms with Gasteiger partial charge in [0, 0.05) is 36.7 Å². The Kier molecular flexibility index (Phi) is 6.71. The highest BCUT2D eigenvalue weighted by atomic mass is 16.7. The number of methoxy groups -OCH3 is 1. The number of carbonyl (C=O) groups is 1. The zero-order chi connectivity index (χ0) is 26.1. The van der Waals surface area contributed by atoms with Crippen molar-refractivity contribution in [3.05, 3.63) is 114 Å². The molecule has 0 bridgehead atoms. The lowest BCUT2D eigenvalue weighted by Gasteiger charge is -2.42. The Labute approximate surface area is 224 Å². The highest BCUT2D eigenvalue weighted by Gasteiger charge is 2.44. The van der Waals surface area contributed by atoms with Crippen LogP contribution in [0, 0.1) is 5.92 Å². The predicted octanol–water partition coefficient (Wildman–Crippen LogP) is 6.48. The summed E-state index contributed by atoms with van der Waals surface area (Å²) < 4.78 is 5.57. The second-order valence-electron chi connectivity index (χ2n) is 10.1. The minimum atomic E-state index is -0.0339. The van der Waals surface area contributed by atoms with Gasteiger partial charge in [0.2, 0.25) is 0 Å². The smallest absolute Gasteiger partial charge is 0.254 e. The van der Waals surface area contributed by atoms with Gasteiger partial charge in [-0.2, -0.15) is 5.06 Å². The van der Waals surface area contributed by atoms with Crippen LogP contribution in [-0.2, 0) is 4.84 Å². The van der Waals surface area contributed by atoms with E-state index < -0.39 is 0 Å². The maximum atomic E-state index is 13.9. The molecule has 38 heavy (non-hydrogen) atoms. The number of ether oxygens (including phenoxy) is 1. The van der Waals surface area contributed by atoms with Crippen LogP contribution >= 0.6 is 0 Å². The molecular weight excluding hydrogens is 472 g/mol. The van der Waals surface area contributed by atoms with Gasteiger partial charge in [-0.3, -0.25) is 9.63 Å². The van der Waals surface area contributed by atoms with Crippen molar-refractivity contribution in [3.63, 3.8) is 0 Å². The van der Waals surface area contributed by atoms with Gasteiger partial charge >= 0.3 is 0 Å². The zero-order valence-electron chi connectivity index (χ0n) is 21.8. The normalized spacial score (nSPS) is 21.2. The number of likely N-dealkylation sites (tertiary alicyclic amines) is 1. The van der Waals surface area contributed by atoms with E-state index in [0.29, 0.717) is 30.7 Å². The van der Waals surface area contributed by atoms with E-state index >= 15 is 0 Å². The molecule has 2 heterocycles. The molecule has 3 atom stereocenters. The second kappa shape index (κ2) is 10.4. The number of carbonyl (C=O) groups excluding carboxylic acids is 1. The Morgan fingerprint density at radius 2 is 1.47 bits per heavy atom. The molecule has 2 aliphatic heterocycles. The van der Waals surface area contributed by atoms with Crippen molar-refractivity contribution in [3.8, 4) is 28.0 Å². The van der Waals surface area contributed by atoms with Gasteiger partial charge in [-0.05, 0) is 46.9 Å². The minimum Gasteiger partial charge on any atom is -0.496 e. The molecule has 2 aliphatic rings.